The molecule has 17 heavy (non-hydrogen) atoms. The Morgan fingerprint density at radius 2 is 1.12 bits per heavy atom. The smallest absolute Gasteiger partial charge is 0.206 e. The van der Waals surface area contributed by atoms with Crippen molar-refractivity contribution in [2.45, 2.75) is 0 Å². The van der Waals surface area contributed by atoms with Gasteiger partial charge in [-0.2, -0.15) is 0 Å². The number of fused-ring (bicyclic) bond motifs is 2. The topological polar surface area (TPSA) is 60.2 Å². The van der Waals surface area contributed by atoms with Crippen molar-refractivity contribution in [1.29, 1.82) is 0 Å². The Labute approximate surface area is 100 Å². The molecule has 2 bridgehead atoms. The van der Waals surface area contributed by atoms with Gasteiger partial charge in [0.1, 0.15) is 0 Å². The lowest BCUT2D eigenvalue weighted by Gasteiger charge is -2.04. The third-order valence-electron chi connectivity index (χ3n) is 2.43. The number of hydrogen-bond acceptors (Lipinski definition) is 2. The summed E-state index contributed by atoms with van der Waals surface area (Å²) in [6.07, 6.45) is 0.938. The van der Waals surface area contributed by atoms with Gasteiger partial charge < -0.3 is 0 Å². The third-order valence-corrected chi connectivity index (χ3v) is 2.43. The molecule has 0 aromatic heterocycles. The molecule has 0 radical (unpaired) electrons. The molecule has 0 aliphatic heterocycles. The zero-order valence-electron chi connectivity index (χ0n) is 9.42. The van der Waals surface area contributed by atoms with Crippen LogP contribution < -0.4 is 5.14 Å². The summed E-state index contributed by atoms with van der Waals surface area (Å²) in [6, 6.07) is 17.3. The largest absolute Gasteiger partial charge is 0.229 e. The van der Waals surface area contributed by atoms with Crippen LogP contribution in [0.5, 0.6) is 0 Å². The van der Waals surface area contributed by atoms with Crippen molar-refractivity contribution in [3.05, 3.63) is 48.5 Å². The van der Waals surface area contributed by atoms with Gasteiger partial charge in [0.25, 0.3) is 0 Å². The summed E-state index contributed by atoms with van der Waals surface area (Å²) in [7, 11) is -3.17. The van der Waals surface area contributed by atoms with Crippen LogP contribution in [0, 0.1) is 0 Å². The maximum Gasteiger partial charge on any atom is 0.206 e. The molecule has 4 aromatic carbocycles. The Balaban J connectivity index is 0.000000188. The summed E-state index contributed by atoms with van der Waals surface area (Å²) in [5, 5.41) is 9.74. The van der Waals surface area contributed by atoms with Gasteiger partial charge in [0, 0.05) is 0 Å². The van der Waals surface area contributed by atoms with E-state index in [0.29, 0.717) is 0 Å². The predicted octanol–water partition coefficient (Wildman–Crippen LogP) is 2.34. The van der Waals surface area contributed by atoms with Crippen LogP contribution in [-0.2, 0) is 10.0 Å². The first-order valence-electron chi connectivity index (χ1n) is 5.13. The van der Waals surface area contributed by atoms with Crippen LogP contribution >= 0.6 is 0 Å². The van der Waals surface area contributed by atoms with E-state index in [2.05, 4.69) is 53.7 Å². The molecule has 4 aromatic rings. The molecule has 0 fully saturated rings. The lowest BCUT2D eigenvalue weighted by Crippen LogP contribution is -2.07. The molecule has 0 spiro atoms. The monoisotopic (exact) mass is 247 g/mol. The fraction of sp³-hybridized carbons (Fsp3) is 0.0769. The first-order valence-corrected chi connectivity index (χ1v) is 7.08. The maximum absolute atomic E-state index is 9.41. The lowest BCUT2D eigenvalue weighted by molar-refractivity contribution is 0.603. The van der Waals surface area contributed by atoms with E-state index in [1.807, 2.05) is 0 Å². The molecule has 0 aliphatic carbocycles. The van der Waals surface area contributed by atoms with E-state index in [0.717, 1.165) is 6.26 Å². The van der Waals surface area contributed by atoms with Gasteiger partial charge in [0.2, 0.25) is 10.0 Å². The van der Waals surface area contributed by atoms with Crippen molar-refractivity contribution in [3.63, 3.8) is 0 Å². The number of primary sulfonamides is 1. The molecule has 0 saturated heterocycles. The summed E-state index contributed by atoms with van der Waals surface area (Å²) >= 11 is 0. The fourth-order valence-electron chi connectivity index (χ4n) is 1.82. The molecule has 3 nitrogen and oxygen atoms in total. The van der Waals surface area contributed by atoms with E-state index in [-0.39, 0.29) is 0 Å². The highest BCUT2D eigenvalue weighted by atomic mass is 32.2. The molecule has 4 rings (SSSR count). The molecule has 0 unspecified atom stereocenters. The van der Waals surface area contributed by atoms with Crippen LogP contribution in [0.1, 0.15) is 0 Å². The highest BCUT2D eigenvalue weighted by Crippen LogP contribution is 2.26. The first-order chi connectivity index (χ1) is 7.95. The van der Waals surface area contributed by atoms with Crippen molar-refractivity contribution < 1.29 is 8.42 Å². The number of hydrogen-bond donors (Lipinski definition) is 1. The van der Waals surface area contributed by atoms with Crippen molar-refractivity contribution in [3.8, 4) is 0 Å². The molecular formula is C13H13NO2S. The molecule has 0 saturated carbocycles. The van der Waals surface area contributed by atoms with Gasteiger partial charge in [-0.15, -0.1) is 0 Å². The summed E-state index contributed by atoms with van der Waals surface area (Å²) in [4.78, 5) is 0. The van der Waals surface area contributed by atoms with Crippen LogP contribution in [0.15, 0.2) is 48.5 Å². The molecule has 0 atom stereocenters. The SMILES string of the molecule is CS(N)(=O)=O.c1ccc2c3ccc(cc3)c2c1. The Morgan fingerprint density at radius 1 is 0.824 bits per heavy atom. The molecule has 88 valence electrons. The van der Waals surface area contributed by atoms with Crippen molar-refractivity contribution >= 4 is 31.6 Å². The minimum atomic E-state index is -3.17. The van der Waals surface area contributed by atoms with E-state index >= 15 is 0 Å². The molecule has 0 amide bonds. The minimum absolute atomic E-state index is 0.938. The van der Waals surface area contributed by atoms with Gasteiger partial charge in [-0.1, -0.05) is 48.5 Å². The maximum atomic E-state index is 9.41. The van der Waals surface area contributed by atoms with Gasteiger partial charge in [-0.3, -0.25) is 0 Å². The van der Waals surface area contributed by atoms with Gasteiger partial charge in [-0.05, 0) is 21.5 Å². The third kappa shape index (κ3) is 2.93. The second kappa shape index (κ2) is 4.31. The van der Waals surface area contributed by atoms with Gasteiger partial charge in [0.15, 0.2) is 0 Å². The van der Waals surface area contributed by atoms with Crippen molar-refractivity contribution in [2.75, 3.05) is 6.26 Å². The zero-order valence-corrected chi connectivity index (χ0v) is 10.2. The normalized spacial score (nSPS) is 11.4. The molecule has 0 aliphatic rings. The lowest BCUT2D eigenvalue weighted by atomic mass is 10.00. The Hall–Kier alpha value is -1.65. The Kier molecular flexibility index (Phi) is 3.00. The first kappa shape index (κ1) is 11.8. The van der Waals surface area contributed by atoms with Gasteiger partial charge >= 0.3 is 0 Å². The summed E-state index contributed by atoms with van der Waals surface area (Å²) in [5.74, 6) is 0. The standard InChI is InChI=1S/C12H8.CH5NO2S/c1-2-4-12-10-7-5-9(6-8-10)11(12)3-1;1-5(2,3)4/h1-8H;1H3,(H2,2,3,4). The van der Waals surface area contributed by atoms with Crippen LogP contribution in [0.4, 0.5) is 0 Å². The number of nitrogens with two attached hydrogens (primary N) is 1. The van der Waals surface area contributed by atoms with E-state index in [9.17, 15) is 8.42 Å². The summed E-state index contributed by atoms with van der Waals surface area (Å²) in [5.41, 5.74) is 0. The van der Waals surface area contributed by atoms with E-state index in [4.69, 9.17) is 0 Å². The van der Waals surface area contributed by atoms with Crippen LogP contribution in [0.3, 0.4) is 0 Å². The molecule has 2 N–H and O–H groups in total. The zero-order chi connectivity index (χ0) is 12.5. The van der Waals surface area contributed by atoms with Gasteiger partial charge in [0.05, 0.1) is 6.26 Å². The van der Waals surface area contributed by atoms with Crippen molar-refractivity contribution in [2.24, 2.45) is 5.14 Å². The fourth-order valence-corrected chi connectivity index (χ4v) is 1.82. The number of rotatable bonds is 0. The van der Waals surface area contributed by atoms with Crippen LogP contribution in [-0.4, -0.2) is 14.7 Å². The van der Waals surface area contributed by atoms with E-state index < -0.39 is 10.0 Å². The van der Waals surface area contributed by atoms with E-state index in [1.165, 1.54) is 21.5 Å². The summed E-state index contributed by atoms with van der Waals surface area (Å²) < 4.78 is 18.8. The molecule has 4 heteroatoms. The van der Waals surface area contributed by atoms with Crippen molar-refractivity contribution in [1.82, 2.24) is 0 Å². The predicted molar refractivity (Wildman–Crippen MR) is 71.7 cm³/mol. The Morgan fingerprint density at radius 3 is 1.41 bits per heavy atom. The highest BCUT2D eigenvalue weighted by molar-refractivity contribution is 7.88. The van der Waals surface area contributed by atoms with Crippen LogP contribution in [0.25, 0.3) is 21.5 Å². The molecular weight excluding hydrogens is 234 g/mol. The minimum Gasteiger partial charge on any atom is -0.229 e. The quantitative estimate of drug-likeness (QED) is 0.662. The van der Waals surface area contributed by atoms with Gasteiger partial charge in [-0.25, -0.2) is 13.6 Å². The molecule has 0 heterocycles. The van der Waals surface area contributed by atoms with E-state index in [1.54, 1.807) is 0 Å². The number of benzene rings is 4. The number of sulfonamides is 1. The highest BCUT2D eigenvalue weighted by Gasteiger charge is 1.99. The Bertz CT molecular complexity index is 658. The summed E-state index contributed by atoms with van der Waals surface area (Å²) in [6.45, 7) is 0. The second-order valence-electron chi connectivity index (χ2n) is 3.95. The second-order valence-corrected chi connectivity index (χ2v) is 5.61. The average molecular weight is 247 g/mol. The average Bonchev–Trinajstić information content (AvgIpc) is 2.29. The van der Waals surface area contributed by atoms with Crippen LogP contribution in [0.2, 0.25) is 0 Å².